The smallest absolute Gasteiger partial charge is 0.223 e. The Morgan fingerprint density at radius 2 is 1.91 bits per heavy atom. The van der Waals surface area contributed by atoms with Crippen molar-refractivity contribution < 1.29 is 9.90 Å². The van der Waals surface area contributed by atoms with E-state index in [1.807, 2.05) is 30.3 Å². The monoisotopic (exact) mass is 324 g/mol. The summed E-state index contributed by atoms with van der Waals surface area (Å²) in [6, 6.07) is 9.76. The highest BCUT2D eigenvalue weighted by molar-refractivity contribution is 5.85. The number of amides is 1. The Morgan fingerprint density at radius 3 is 2.50 bits per heavy atom. The fraction of sp³-hybridized carbons (Fsp3) is 0.588. The first-order valence-corrected chi connectivity index (χ1v) is 7.93. The summed E-state index contributed by atoms with van der Waals surface area (Å²) in [5.74, 6) is 0.291. The molecule has 1 atom stereocenters. The van der Waals surface area contributed by atoms with Crippen molar-refractivity contribution >= 4 is 18.3 Å². The molecular weight excluding hydrogens is 300 g/mol. The van der Waals surface area contributed by atoms with Crippen molar-refractivity contribution in [2.24, 2.45) is 11.3 Å². The number of hydrogen-bond donors (Lipinski definition) is 3. The van der Waals surface area contributed by atoms with E-state index in [-0.39, 0.29) is 29.6 Å². The van der Waals surface area contributed by atoms with Gasteiger partial charge in [-0.25, -0.2) is 0 Å². The molecule has 1 aromatic rings. The Hall–Kier alpha value is -1.10. The minimum absolute atomic E-state index is 0. The molecule has 2 fully saturated rings. The summed E-state index contributed by atoms with van der Waals surface area (Å²) in [6.45, 7) is 2.44. The summed E-state index contributed by atoms with van der Waals surface area (Å²) in [4.78, 5) is 12.2. The second-order valence-corrected chi connectivity index (χ2v) is 6.42. The van der Waals surface area contributed by atoms with Crippen LogP contribution in [0.25, 0.3) is 0 Å². The Bertz CT molecular complexity index is 485. The molecule has 0 spiro atoms. The Morgan fingerprint density at radius 1 is 1.27 bits per heavy atom. The minimum atomic E-state index is -0.480. The first-order chi connectivity index (χ1) is 10.2. The highest BCUT2D eigenvalue weighted by Crippen LogP contribution is 2.54. The molecule has 1 aliphatic heterocycles. The van der Waals surface area contributed by atoms with Crippen molar-refractivity contribution in [2.45, 2.75) is 31.8 Å². The van der Waals surface area contributed by atoms with Crippen LogP contribution in [0, 0.1) is 11.3 Å². The first kappa shape index (κ1) is 17.3. The Balaban J connectivity index is 0.00000176. The van der Waals surface area contributed by atoms with Gasteiger partial charge in [-0.1, -0.05) is 30.3 Å². The van der Waals surface area contributed by atoms with E-state index in [0.717, 1.165) is 44.3 Å². The molecule has 1 unspecified atom stereocenters. The Labute approximate surface area is 138 Å². The van der Waals surface area contributed by atoms with Crippen LogP contribution in [-0.4, -0.2) is 30.6 Å². The van der Waals surface area contributed by atoms with Gasteiger partial charge >= 0.3 is 0 Å². The number of aliphatic hydroxyl groups is 1. The second-order valence-electron chi connectivity index (χ2n) is 6.42. The number of hydrogen-bond acceptors (Lipinski definition) is 3. The maximum absolute atomic E-state index is 12.2. The molecule has 0 bridgehead atoms. The van der Waals surface area contributed by atoms with Gasteiger partial charge in [-0.3, -0.25) is 4.79 Å². The molecule has 5 heteroatoms. The zero-order valence-electron chi connectivity index (χ0n) is 12.8. The molecule has 1 amide bonds. The largest absolute Gasteiger partial charge is 0.388 e. The van der Waals surface area contributed by atoms with Crippen LogP contribution in [0.15, 0.2) is 30.3 Å². The maximum Gasteiger partial charge on any atom is 0.223 e. The van der Waals surface area contributed by atoms with Gasteiger partial charge in [0.2, 0.25) is 5.91 Å². The second kappa shape index (κ2) is 7.44. The van der Waals surface area contributed by atoms with Crippen molar-refractivity contribution in [1.82, 2.24) is 10.6 Å². The van der Waals surface area contributed by atoms with Crippen molar-refractivity contribution in [3.63, 3.8) is 0 Å². The predicted octanol–water partition coefficient (Wildman–Crippen LogP) is 2.04. The molecule has 22 heavy (non-hydrogen) atoms. The number of benzene rings is 1. The van der Waals surface area contributed by atoms with Gasteiger partial charge in [0, 0.05) is 17.9 Å². The standard InChI is InChI=1S/C17H24N2O2.ClH/c20-15(13-4-2-1-3-5-13)17(8-9-17)12-19-16(21)14-6-10-18-11-7-14;/h1-5,14-15,18,20H,6-12H2,(H,19,21);1H. The molecule has 0 radical (unpaired) electrons. The maximum atomic E-state index is 12.2. The van der Waals surface area contributed by atoms with Crippen molar-refractivity contribution in [2.75, 3.05) is 19.6 Å². The third-order valence-corrected chi connectivity index (χ3v) is 4.91. The van der Waals surface area contributed by atoms with Crippen molar-refractivity contribution in [3.05, 3.63) is 35.9 Å². The number of carbonyl (C=O) groups excluding carboxylic acids is 1. The third-order valence-electron chi connectivity index (χ3n) is 4.91. The number of piperidine rings is 1. The van der Waals surface area contributed by atoms with Crippen LogP contribution in [0.2, 0.25) is 0 Å². The molecule has 1 aliphatic carbocycles. The van der Waals surface area contributed by atoms with E-state index in [9.17, 15) is 9.90 Å². The Kier molecular flexibility index (Phi) is 5.84. The van der Waals surface area contributed by atoms with Gasteiger partial charge in [-0.05, 0) is 44.3 Å². The molecule has 1 saturated carbocycles. The minimum Gasteiger partial charge on any atom is -0.388 e. The van der Waals surface area contributed by atoms with E-state index in [2.05, 4.69) is 10.6 Å². The third kappa shape index (κ3) is 3.80. The highest BCUT2D eigenvalue weighted by Gasteiger charge is 2.49. The highest BCUT2D eigenvalue weighted by atomic mass is 35.5. The molecule has 0 aromatic heterocycles. The van der Waals surface area contributed by atoms with Gasteiger partial charge in [0.05, 0.1) is 6.10 Å². The zero-order valence-corrected chi connectivity index (χ0v) is 13.6. The fourth-order valence-corrected chi connectivity index (χ4v) is 3.19. The van der Waals surface area contributed by atoms with E-state index in [1.54, 1.807) is 0 Å². The van der Waals surface area contributed by atoms with Gasteiger partial charge < -0.3 is 15.7 Å². The molecule has 3 rings (SSSR count). The fourth-order valence-electron chi connectivity index (χ4n) is 3.19. The van der Waals surface area contributed by atoms with Gasteiger partial charge in [0.25, 0.3) is 0 Å². The summed E-state index contributed by atoms with van der Waals surface area (Å²) in [5.41, 5.74) is 0.801. The predicted molar refractivity (Wildman–Crippen MR) is 88.9 cm³/mol. The van der Waals surface area contributed by atoms with Crippen LogP contribution < -0.4 is 10.6 Å². The van der Waals surface area contributed by atoms with Crippen LogP contribution in [0.3, 0.4) is 0 Å². The lowest BCUT2D eigenvalue weighted by Crippen LogP contribution is -2.41. The molecule has 122 valence electrons. The van der Waals surface area contributed by atoms with Crippen LogP contribution in [-0.2, 0) is 4.79 Å². The van der Waals surface area contributed by atoms with Gasteiger partial charge in [-0.2, -0.15) is 0 Å². The molecular formula is C17H25ClN2O2. The van der Waals surface area contributed by atoms with Crippen molar-refractivity contribution in [1.29, 1.82) is 0 Å². The van der Waals surface area contributed by atoms with E-state index in [1.165, 1.54) is 0 Å². The molecule has 4 nitrogen and oxygen atoms in total. The van der Waals surface area contributed by atoms with Gasteiger partial charge in [0.15, 0.2) is 0 Å². The topological polar surface area (TPSA) is 61.4 Å². The van der Waals surface area contributed by atoms with E-state index >= 15 is 0 Å². The number of carbonyl (C=O) groups is 1. The zero-order chi connectivity index (χ0) is 14.7. The average Bonchev–Trinajstić information content (AvgIpc) is 3.35. The lowest BCUT2D eigenvalue weighted by molar-refractivity contribution is -0.126. The summed E-state index contributed by atoms with van der Waals surface area (Å²) >= 11 is 0. The molecule has 2 aliphatic rings. The lowest BCUT2D eigenvalue weighted by Gasteiger charge is -2.26. The number of nitrogens with one attached hydrogen (secondary N) is 2. The number of halogens is 1. The van der Waals surface area contributed by atoms with Gasteiger partial charge in [-0.15, -0.1) is 12.4 Å². The summed E-state index contributed by atoms with van der Waals surface area (Å²) in [6.07, 6.45) is 3.32. The first-order valence-electron chi connectivity index (χ1n) is 7.93. The van der Waals surface area contributed by atoms with E-state index in [4.69, 9.17) is 0 Å². The van der Waals surface area contributed by atoms with Crippen LogP contribution >= 0.6 is 12.4 Å². The van der Waals surface area contributed by atoms with Crippen LogP contribution in [0.5, 0.6) is 0 Å². The van der Waals surface area contributed by atoms with Crippen LogP contribution in [0.4, 0.5) is 0 Å². The van der Waals surface area contributed by atoms with E-state index in [0.29, 0.717) is 6.54 Å². The summed E-state index contributed by atoms with van der Waals surface area (Å²) in [7, 11) is 0. The molecule has 1 saturated heterocycles. The number of rotatable bonds is 5. The van der Waals surface area contributed by atoms with Crippen LogP contribution in [0.1, 0.15) is 37.4 Å². The van der Waals surface area contributed by atoms with Gasteiger partial charge in [0.1, 0.15) is 0 Å². The van der Waals surface area contributed by atoms with E-state index < -0.39 is 6.10 Å². The lowest BCUT2D eigenvalue weighted by atomic mass is 9.92. The summed E-state index contributed by atoms with van der Waals surface area (Å²) < 4.78 is 0. The quantitative estimate of drug-likeness (QED) is 0.776. The molecule has 1 aromatic carbocycles. The van der Waals surface area contributed by atoms with Crippen molar-refractivity contribution in [3.8, 4) is 0 Å². The molecule has 1 heterocycles. The average molecular weight is 325 g/mol. The number of aliphatic hydroxyl groups excluding tert-OH is 1. The summed E-state index contributed by atoms with van der Waals surface area (Å²) in [5, 5.41) is 16.9. The normalized spacial score (nSPS) is 21.5. The SMILES string of the molecule is Cl.O=C(NCC1(C(O)c2ccccc2)CC1)C1CCNCC1. The molecule has 3 N–H and O–H groups in total.